The number of non-ortho nitro benzene ring substituents is 1. The van der Waals surface area contributed by atoms with Gasteiger partial charge in [-0.15, -0.1) is 11.7 Å². The molecule has 11 heteroatoms. The van der Waals surface area contributed by atoms with Crippen LogP contribution in [-0.4, -0.2) is 35.6 Å². The molecule has 0 unspecified atom stereocenters. The zero-order valence-corrected chi connectivity index (χ0v) is 18.7. The Labute approximate surface area is 192 Å². The summed E-state index contributed by atoms with van der Waals surface area (Å²) in [7, 11) is 1.83. The fourth-order valence-corrected chi connectivity index (χ4v) is 4.07. The molecule has 0 bridgehead atoms. The summed E-state index contributed by atoms with van der Waals surface area (Å²) in [5.41, 5.74) is 1.10. The van der Waals surface area contributed by atoms with Gasteiger partial charge in [0.2, 0.25) is 10.5 Å². The largest absolute Gasteiger partial charge is 0.283 e. The Morgan fingerprint density at radius 2 is 2.06 bits per heavy atom. The van der Waals surface area contributed by atoms with Gasteiger partial charge in [-0.2, -0.15) is 0 Å². The number of hydrogen-bond acceptors (Lipinski definition) is 6. The molecule has 0 atom stereocenters. The van der Waals surface area contributed by atoms with E-state index in [1.165, 1.54) is 22.8 Å². The van der Waals surface area contributed by atoms with E-state index in [2.05, 4.69) is 11.7 Å². The number of hydrogen-bond donors (Lipinski definition) is 0. The first kappa shape index (κ1) is 21.9. The molecule has 0 saturated heterocycles. The average Bonchev–Trinajstić information content (AvgIpc) is 3.08. The molecule has 0 spiro atoms. The van der Waals surface area contributed by atoms with E-state index in [-0.39, 0.29) is 24.5 Å². The van der Waals surface area contributed by atoms with Crippen LogP contribution in [0.15, 0.2) is 59.9 Å². The number of allylic oxidation sites excluding steroid dienone is 1. The van der Waals surface area contributed by atoms with E-state index in [0.29, 0.717) is 38.6 Å². The maximum atomic E-state index is 13.0. The van der Waals surface area contributed by atoms with Crippen LogP contribution in [0.3, 0.4) is 0 Å². The molecule has 0 N–H and O–H groups in total. The Morgan fingerprint density at radius 3 is 2.78 bits per heavy atom. The Kier molecular flexibility index (Phi) is 5.92. The predicted octanol–water partition coefficient (Wildman–Crippen LogP) is 4.02. The Balaban J connectivity index is 1.76. The first-order chi connectivity index (χ1) is 15.3. The molecule has 0 saturated carbocycles. The Morgan fingerprint density at radius 1 is 1.31 bits per heavy atom. The number of nitro groups is 1. The number of rotatable bonds is 7. The monoisotopic (exact) mass is 470 g/mol. The summed E-state index contributed by atoms with van der Waals surface area (Å²) in [6.45, 7) is 4.66. The van der Waals surface area contributed by atoms with Gasteiger partial charge in [0.05, 0.1) is 22.5 Å². The zero-order valence-electron chi connectivity index (χ0n) is 17.1. The van der Waals surface area contributed by atoms with Gasteiger partial charge in [-0.3, -0.25) is 28.8 Å². The molecule has 2 heterocycles. The van der Waals surface area contributed by atoms with Crippen LogP contribution in [0.4, 0.5) is 5.69 Å². The maximum Gasteiger partial charge on any atom is 0.269 e. The lowest BCUT2D eigenvalue weighted by molar-refractivity contribution is -0.384. The second kappa shape index (κ2) is 8.65. The normalized spacial score (nSPS) is 11.5. The molecule has 0 radical (unpaired) electrons. The summed E-state index contributed by atoms with van der Waals surface area (Å²) in [5, 5.41) is 16.7. The number of halogens is 1. The fourth-order valence-electron chi connectivity index (χ4n) is 3.62. The number of nitro benzene ring substituents is 1. The van der Waals surface area contributed by atoms with Crippen molar-refractivity contribution in [1.82, 2.24) is 23.6 Å². The standard InChI is InChI=1S/C21H19ClN6O3S/c1-3-10-25-19(29)16-6-4-5-7-18(16)27-20(25)23-26(21(27)32)13-24(2)12-14-11-15(28(30)31)8-9-17(14)22/h3-9,11H,1,10,12-13H2,2H3. The molecule has 2 aromatic heterocycles. The summed E-state index contributed by atoms with van der Waals surface area (Å²) < 4.78 is 5.33. The smallest absolute Gasteiger partial charge is 0.269 e. The molecule has 0 aliphatic heterocycles. The number of nitrogens with zero attached hydrogens (tertiary/aromatic N) is 6. The highest BCUT2D eigenvalue weighted by Crippen LogP contribution is 2.23. The van der Waals surface area contributed by atoms with Crippen molar-refractivity contribution in [3.8, 4) is 0 Å². The molecule has 2 aromatic carbocycles. The van der Waals surface area contributed by atoms with Gasteiger partial charge in [-0.1, -0.05) is 29.8 Å². The second-order valence-corrected chi connectivity index (χ2v) is 8.10. The third kappa shape index (κ3) is 3.83. The molecule has 0 amide bonds. The van der Waals surface area contributed by atoms with Gasteiger partial charge in [-0.25, -0.2) is 4.68 Å². The van der Waals surface area contributed by atoms with E-state index < -0.39 is 4.92 Å². The zero-order chi connectivity index (χ0) is 23.0. The summed E-state index contributed by atoms with van der Waals surface area (Å²) in [4.78, 5) is 25.5. The van der Waals surface area contributed by atoms with Crippen LogP contribution in [0.1, 0.15) is 5.56 Å². The van der Waals surface area contributed by atoms with Crippen molar-refractivity contribution in [3.05, 3.63) is 90.9 Å². The number of fused-ring (bicyclic) bond motifs is 3. The van der Waals surface area contributed by atoms with E-state index >= 15 is 0 Å². The third-order valence-electron chi connectivity index (χ3n) is 5.05. The Hall–Kier alpha value is -3.34. The number of para-hydroxylation sites is 1. The van der Waals surface area contributed by atoms with Crippen molar-refractivity contribution < 1.29 is 4.92 Å². The van der Waals surface area contributed by atoms with E-state index in [0.717, 1.165) is 0 Å². The van der Waals surface area contributed by atoms with E-state index in [1.54, 1.807) is 27.3 Å². The van der Waals surface area contributed by atoms with E-state index in [1.807, 2.05) is 24.1 Å². The van der Waals surface area contributed by atoms with Crippen LogP contribution >= 0.6 is 23.8 Å². The highest BCUT2D eigenvalue weighted by atomic mass is 35.5. The lowest BCUT2D eigenvalue weighted by atomic mass is 10.2. The third-order valence-corrected chi connectivity index (χ3v) is 5.81. The minimum atomic E-state index is -0.456. The molecule has 4 aromatic rings. The van der Waals surface area contributed by atoms with Crippen molar-refractivity contribution in [2.45, 2.75) is 19.8 Å². The molecule has 0 aliphatic rings. The van der Waals surface area contributed by atoms with Gasteiger partial charge < -0.3 is 0 Å². The molecular weight excluding hydrogens is 452 g/mol. The van der Waals surface area contributed by atoms with Crippen molar-refractivity contribution in [2.24, 2.45) is 0 Å². The van der Waals surface area contributed by atoms with Gasteiger partial charge in [0, 0.05) is 30.2 Å². The second-order valence-electron chi connectivity index (χ2n) is 7.33. The molecule has 32 heavy (non-hydrogen) atoms. The van der Waals surface area contributed by atoms with E-state index in [9.17, 15) is 14.9 Å². The number of aromatic nitrogens is 4. The number of benzene rings is 2. The highest BCUT2D eigenvalue weighted by Gasteiger charge is 2.17. The van der Waals surface area contributed by atoms with Crippen LogP contribution in [-0.2, 0) is 19.8 Å². The first-order valence-electron chi connectivity index (χ1n) is 9.65. The molecule has 164 valence electrons. The lowest BCUT2D eigenvalue weighted by Gasteiger charge is -2.17. The summed E-state index contributed by atoms with van der Waals surface area (Å²) in [5.74, 6) is 0.417. The molecular formula is C21H19ClN6O3S. The Bertz CT molecular complexity index is 1490. The topological polar surface area (TPSA) is 90.6 Å². The molecule has 4 rings (SSSR count). The van der Waals surface area contributed by atoms with Crippen LogP contribution in [0, 0.1) is 14.9 Å². The van der Waals surface area contributed by atoms with Crippen LogP contribution in [0.5, 0.6) is 0 Å². The molecule has 9 nitrogen and oxygen atoms in total. The predicted molar refractivity (Wildman–Crippen MR) is 126 cm³/mol. The maximum absolute atomic E-state index is 13.0. The highest BCUT2D eigenvalue weighted by molar-refractivity contribution is 7.71. The van der Waals surface area contributed by atoms with Gasteiger partial charge in [0.15, 0.2) is 0 Å². The molecule has 0 fully saturated rings. The quantitative estimate of drug-likeness (QED) is 0.175. The van der Waals surface area contributed by atoms with E-state index in [4.69, 9.17) is 23.8 Å². The summed E-state index contributed by atoms with van der Waals surface area (Å²) >= 11 is 11.9. The van der Waals surface area contributed by atoms with Crippen LogP contribution in [0.2, 0.25) is 5.02 Å². The van der Waals surface area contributed by atoms with Gasteiger partial charge in [-0.05, 0) is 43.0 Å². The van der Waals surface area contributed by atoms with Crippen molar-refractivity contribution in [2.75, 3.05) is 7.05 Å². The van der Waals surface area contributed by atoms with Crippen molar-refractivity contribution in [1.29, 1.82) is 0 Å². The first-order valence-corrected chi connectivity index (χ1v) is 10.4. The molecule has 0 aliphatic carbocycles. The minimum absolute atomic E-state index is 0.0259. The average molecular weight is 471 g/mol. The van der Waals surface area contributed by atoms with Crippen molar-refractivity contribution in [3.63, 3.8) is 0 Å². The van der Waals surface area contributed by atoms with Gasteiger partial charge in [0.25, 0.3) is 11.2 Å². The summed E-state index contributed by atoms with van der Waals surface area (Å²) in [6.07, 6.45) is 1.63. The fraction of sp³-hybridized carbons (Fsp3) is 0.190. The van der Waals surface area contributed by atoms with Gasteiger partial charge >= 0.3 is 0 Å². The van der Waals surface area contributed by atoms with Crippen LogP contribution in [0.25, 0.3) is 16.7 Å². The summed E-state index contributed by atoms with van der Waals surface area (Å²) in [6, 6.07) is 11.6. The van der Waals surface area contributed by atoms with Gasteiger partial charge in [0.1, 0.15) is 0 Å². The lowest BCUT2D eigenvalue weighted by Crippen LogP contribution is -2.23. The minimum Gasteiger partial charge on any atom is -0.283 e. The van der Waals surface area contributed by atoms with Crippen LogP contribution < -0.4 is 5.56 Å². The van der Waals surface area contributed by atoms with Crippen molar-refractivity contribution >= 4 is 46.2 Å². The SMILES string of the molecule is C=CCn1c(=O)c2ccccc2n2c(=S)n(CN(C)Cc3cc([N+](=O)[O-])ccc3Cl)nc12.